The molecule has 1 unspecified atom stereocenters. The van der Waals surface area contributed by atoms with Crippen molar-refractivity contribution in [2.45, 2.75) is 13.0 Å². The molecule has 0 bridgehead atoms. The van der Waals surface area contributed by atoms with Gasteiger partial charge in [0.25, 0.3) is 0 Å². The lowest BCUT2D eigenvalue weighted by Crippen LogP contribution is -2.10. The summed E-state index contributed by atoms with van der Waals surface area (Å²) >= 11 is 5.87. The van der Waals surface area contributed by atoms with E-state index in [4.69, 9.17) is 22.1 Å². The van der Waals surface area contributed by atoms with Crippen molar-refractivity contribution in [2.24, 2.45) is 0 Å². The van der Waals surface area contributed by atoms with E-state index in [0.717, 1.165) is 5.56 Å². The minimum absolute atomic E-state index is 0.0421. The van der Waals surface area contributed by atoms with E-state index in [0.29, 0.717) is 22.4 Å². The second-order valence-corrected chi connectivity index (χ2v) is 4.49. The molecule has 0 saturated heterocycles. The minimum atomic E-state index is 0.0421. The summed E-state index contributed by atoms with van der Waals surface area (Å²) in [5.74, 6) is 1.32. The van der Waals surface area contributed by atoms with Gasteiger partial charge in [-0.15, -0.1) is 0 Å². The van der Waals surface area contributed by atoms with Gasteiger partial charge in [0, 0.05) is 5.02 Å². The molecule has 1 atom stereocenters. The number of methoxy groups -OCH3 is 1. The highest BCUT2D eigenvalue weighted by molar-refractivity contribution is 6.30. The van der Waals surface area contributed by atoms with Crippen LogP contribution < -0.4 is 15.8 Å². The van der Waals surface area contributed by atoms with Gasteiger partial charge < -0.3 is 15.8 Å². The molecule has 1 aromatic carbocycles. The average Bonchev–Trinajstić information content (AvgIpc) is 2.39. The molecule has 0 fully saturated rings. The number of rotatable bonds is 4. The Morgan fingerprint density at radius 2 is 1.95 bits per heavy atom. The van der Waals surface area contributed by atoms with Crippen molar-refractivity contribution in [2.75, 3.05) is 18.2 Å². The highest BCUT2D eigenvalue weighted by Crippen LogP contribution is 2.29. The van der Waals surface area contributed by atoms with E-state index in [1.807, 2.05) is 31.2 Å². The third-order valence-electron chi connectivity index (χ3n) is 2.76. The van der Waals surface area contributed by atoms with Crippen LogP contribution in [0.25, 0.3) is 0 Å². The summed E-state index contributed by atoms with van der Waals surface area (Å²) < 4.78 is 5.20. The van der Waals surface area contributed by atoms with E-state index in [1.165, 1.54) is 13.4 Å². The summed E-state index contributed by atoms with van der Waals surface area (Å²) in [6.07, 6.45) is 1.40. The molecule has 2 aromatic rings. The zero-order valence-corrected chi connectivity index (χ0v) is 11.5. The lowest BCUT2D eigenvalue weighted by atomic mass is 10.1. The Hall–Kier alpha value is -2.01. The molecular weight excluding hydrogens is 264 g/mol. The number of nitrogens with two attached hydrogens (primary N) is 1. The number of hydrogen-bond donors (Lipinski definition) is 2. The van der Waals surface area contributed by atoms with Crippen LogP contribution in [0.4, 0.5) is 11.6 Å². The zero-order chi connectivity index (χ0) is 13.8. The van der Waals surface area contributed by atoms with Crippen LogP contribution in [-0.4, -0.2) is 17.1 Å². The molecule has 1 heterocycles. The van der Waals surface area contributed by atoms with Gasteiger partial charge in [0.15, 0.2) is 11.6 Å². The van der Waals surface area contributed by atoms with Crippen LogP contribution in [-0.2, 0) is 0 Å². The van der Waals surface area contributed by atoms with Gasteiger partial charge in [0.05, 0.1) is 13.2 Å². The summed E-state index contributed by atoms with van der Waals surface area (Å²) in [6.45, 7) is 2.01. The van der Waals surface area contributed by atoms with Gasteiger partial charge >= 0.3 is 0 Å². The van der Waals surface area contributed by atoms with E-state index in [1.54, 1.807) is 0 Å². The Morgan fingerprint density at radius 3 is 2.58 bits per heavy atom. The summed E-state index contributed by atoms with van der Waals surface area (Å²) in [5.41, 5.74) is 6.82. The van der Waals surface area contributed by atoms with Gasteiger partial charge in [-0.3, -0.25) is 0 Å². The van der Waals surface area contributed by atoms with Gasteiger partial charge in [-0.2, -0.15) is 0 Å². The first-order valence-corrected chi connectivity index (χ1v) is 6.16. The zero-order valence-electron chi connectivity index (χ0n) is 10.7. The smallest absolute Gasteiger partial charge is 0.203 e. The molecule has 3 N–H and O–H groups in total. The fourth-order valence-electron chi connectivity index (χ4n) is 1.73. The van der Waals surface area contributed by atoms with Gasteiger partial charge in [-0.05, 0) is 24.6 Å². The second-order valence-electron chi connectivity index (χ2n) is 4.06. The lowest BCUT2D eigenvalue weighted by Gasteiger charge is -2.17. The lowest BCUT2D eigenvalue weighted by molar-refractivity contribution is 0.415. The van der Waals surface area contributed by atoms with E-state index < -0.39 is 0 Å². The number of benzene rings is 1. The Morgan fingerprint density at radius 1 is 1.26 bits per heavy atom. The molecule has 0 aliphatic rings. The average molecular weight is 279 g/mol. The molecule has 5 nitrogen and oxygen atoms in total. The number of aromatic nitrogens is 2. The van der Waals surface area contributed by atoms with E-state index >= 15 is 0 Å². The van der Waals surface area contributed by atoms with Gasteiger partial charge in [0.1, 0.15) is 6.33 Å². The number of nitrogens with zero attached hydrogens (tertiary/aromatic N) is 2. The second kappa shape index (κ2) is 5.75. The largest absolute Gasteiger partial charge is 0.490 e. The molecule has 1 aromatic heterocycles. The Bertz CT molecular complexity index is 559. The first kappa shape index (κ1) is 13.4. The monoisotopic (exact) mass is 278 g/mol. The fraction of sp³-hybridized carbons (Fsp3) is 0.231. The predicted molar refractivity (Wildman–Crippen MR) is 76.5 cm³/mol. The minimum Gasteiger partial charge on any atom is -0.490 e. The van der Waals surface area contributed by atoms with Crippen molar-refractivity contribution >= 4 is 23.2 Å². The predicted octanol–water partition coefficient (Wildman–Crippen LogP) is 2.89. The fourth-order valence-corrected chi connectivity index (χ4v) is 1.86. The van der Waals surface area contributed by atoms with E-state index in [2.05, 4.69) is 15.3 Å². The maximum atomic E-state index is 5.87. The summed E-state index contributed by atoms with van der Waals surface area (Å²) in [4.78, 5) is 8.03. The molecule has 2 rings (SSSR count). The van der Waals surface area contributed by atoms with Gasteiger partial charge in [-0.25, -0.2) is 9.97 Å². The summed E-state index contributed by atoms with van der Waals surface area (Å²) in [5, 5.41) is 3.95. The van der Waals surface area contributed by atoms with Crippen LogP contribution >= 0.6 is 11.6 Å². The number of hydrogen-bond acceptors (Lipinski definition) is 5. The normalized spacial score (nSPS) is 11.9. The molecule has 0 aliphatic carbocycles. The number of nitrogens with one attached hydrogen (secondary N) is 1. The number of ether oxygens (including phenoxy) is 1. The summed E-state index contributed by atoms with van der Waals surface area (Å²) in [6, 6.07) is 7.65. The first-order chi connectivity index (χ1) is 9.11. The summed E-state index contributed by atoms with van der Waals surface area (Å²) in [7, 11) is 1.53. The van der Waals surface area contributed by atoms with Crippen molar-refractivity contribution in [3.05, 3.63) is 41.2 Å². The molecular formula is C13H15ClN4O. The van der Waals surface area contributed by atoms with Crippen LogP contribution in [0.2, 0.25) is 5.02 Å². The molecule has 19 heavy (non-hydrogen) atoms. The molecule has 0 saturated carbocycles. The van der Waals surface area contributed by atoms with Gasteiger partial charge in [0.2, 0.25) is 5.75 Å². The number of anilines is 2. The van der Waals surface area contributed by atoms with Crippen molar-refractivity contribution < 1.29 is 4.74 Å². The van der Waals surface area contributed by atoms with Gasteiger partial charge in [-0.1, -0.05) is 23.7 Å². The highest BCUT2D eigenvalue weighted by atomic mass is 35.5. The molecule has 0 radical (unpaired) electrons. The third-order valence-corrected chi connectivity index (χ3v) is 3.01. The van der Waals surface area contributed by atoms with Crippen LogP contribution in [0.5, 0.6) is 5.75 Å². The molecule has 0 aliphatic heterocycles. The quantitative estimate of drug-likeness (QED) is 0.900. The van der Waals surface area contributed by atoms with Crippen molar-refractivity contribution in [3.8, 4) is 5.75 Å². The standard InChI is InChI=1S/C13H15ClN4O/c1-8(9-3-5-10(14)6-4-9)18-13-11(19-2)12(15)16-7-17-13/h3-8H,1-2H3,(H3,15,16,17,18). The first-order valence-electron chi connectivity index (χ1n) is 5.78. The molecule has 0 amide bonds. The third kappa shape index (κ3) is 3.06. The molecule has 0 spiro atoms. The number of nitrogen functional groups attached to an aromatic ring is 1. The van der Waals surface area contributed by atoms with Crippen LogP contribution in [0, 0.1) is 0 Å². The Kier molecular flexibility index (Phi) is 4.06. The van der Waals surface area contributed by atoms with Crippen molar-refractivity contribution in [3.63, 3.8) is 0 Å². The Balaban J connectivity index is 2.21. The SMILES string of the molecule is COc1c(N)ncnc1NC(C)c1ccc(Cl)cc1. The van der Waals surface area contributed by atoms with Crippen molar-refractivity contribution in [1.82, 2.24) is 9.97 Å². The van der Waals surface area contributed by atoms with Crippen LogP contribution in [0.3, 0.4) is 0 Å². The maximum Gasteiger partial charge on any atom is 0.203 e. The van der Waals surface area contributed by atoms with E-state index in [-0.39, 0.29) is 6.04 Å². The van der Waals surface area contributed by atoms with Crippen LogP contribution in [0.1, 0.15) is 18.5 Å². The molecule has 6 heteroatoms. The Labute approximate surface area is 116 Å². The topological polar surface area (TPSA) is 73.1 Å². The molecule has 100 valence electrons. The number of halogens is 1. The van der Waals surface area contributed by atoms with Crippen molar-refractivity contribution in [1.29, 1.82) is 0 Å². The highest BCUT2D eigenvalue weighted by Gasteiger charge is 2.13. The maximum absolute atomic E-state index is 5.87. The van der Waals surface area contributed by atoms with Crippen LogP contribution in [0.15, 0.2) is 30.6 Å². The van der Waals surface area contributed by atoms with E-state index in [9.17, 15) is 0 Å².